The number of aromatic nitrogens is 1. The van der Waals surface area contributed by atoms with Gasteiger partial charge < -0.3 is 9.73 Å². The van der Waals surface area contributed by atoms with Crippen LogP contribution in [0.2, 0.25) is 0 Å². The minimum Gasteiger partial charge on any atom is -0.465 e. The van der Waals surface area contributed by atoms with Crippen molar-refractivity contribution < 1.29 is 22.4 Å². The zero-order valence-corrected chi connectivity index (χ0v) is 16.4. The van der Waals surface area contributed by atoms with Crippen LogP contribution in [0, 0.1) is 13.8 Å². The zero-order chi connectivity index (χ0) is 20.5. The van der Waals surface area contributed by atoms with Crippen LogP contribution in [0.25, 0.3) is 10.9 Å². The number of fused-ring (bicyclic) bond motifs is 1. The second-order valence-corrected chi connectivity index (χ2v) is 7.53. The highest BCUT2D eigenvalue weighted by Crippen LogP contribution is 2.34. The van der Waals surface area contributed by atoms with Crippen molar-refractivity contribution in [3.05, 3.63) is 58.5 Å². The molecule has 28 heavy (non-hydrogen) atoms. The number of benzene rings is 1. The Morgan fingerprint density at radius 2 is 1.96 bits per heavy atom. The van der Waals surface area contributed by atoms with Crippen LogP contribution in [0.4, 0.5) is 13.2 Å². The molecule has 0 aliphatic heterocycles. The average Bonchev–Trinajstić information content (AvgIpc) is 3.04. The lowest BCUT2D eigenvalue weighted by molar-refractivity contribution is -0.137. The van der Waals surface area contributed by atoms with Gasteiger partial charge >= 0.3 is 6.18 Å². The molecular formula is C20H19F3N2O2S. The summed E-state index contributed by atoms with van der Waals surface area (Å²) in [7, 11) is 0. The maximum atomic E-state index is 13.0. The Balaban J connectivity index is 2.01. The molecule has 8 heteroatoms. The lowest BCUT2D eigenvalue weighted by Crippen LogP contribution is -2.24. The van der Waals surface area contributed by atoms with Gasteiger partial charge in [-0.25, -0.2) is 4.98 Å². The average molecular weight is 408 g/mol. The number of hydrogen-bond donors (Lipinski definition) is 1. The normalized spacial score (nSPS) is 11.8. The molecule has 3 rings (SSSR count). The quantitative estimate of drug-likeness (QED) is 0.566. The number of nitrogens with zero attached hydrogens (tertiary/aromatic N) is 1. The van der Waals surface area contributed by atoms with E-state index in [-0.39, 0.29) is 18.0 Å². The van der Waals surface area contributed by atoms with Crippen molar-refractivity contribution in [3.63, 3.8) is 0 Å². The number of furan rings is 1. The van der Waals surface area contributed by atoms with Gasteiger partial charge in [0.25, 0.3) is 5.91 Å². The van der Waals surface area contributed by atoms with Gasteiger partial charge in [0.05, 0.1) is 23.2 Å². The van der Waals surface area contributed by atoms with Crippen LogP contribution < -0.4 is 5.32 Å². The molecular weight excluding hydrogens is 389 g/mol. The number of thioether (sulfide) groups is 1. The van der Waals surface area contributed by atoms with Crippen molar-refractivity contribution >= 4 is 28.6 Å². The van der Waals surface area contributed by atoms with Crippen LogP contribution in [0.1, 0.15) is 39.9 Å². The van der Waals surface area contributed by atoms with Crippen molar-refractivity contribution in [3.8, 4) is 0 Å². The van der Waals surface area contributed by atoms with Gasteiger partial charge in [0.1, 0.15) is 16.5 Å². The van der Waals surface area contributed by atoms with Gasteiger partial charge in [0, 0.05) is 5.39 Å². The first-order valence-corrected chi connectivity index (χ1v) is 9.67. The minimum atomic E-state index is -4.45. The Morgan fingerprint density at radius 3 is 2.57 bits per heavy atom. The summed E-state index contributed by atoms with van der Waals surface area (Å²) in [6, 6.07) is 6.99. The molecule has 0 unspecified atom stereocenters. The summed E-state index contributed by atoms with van der Waals surface area (Å²) in [4.78, 5) is 17.2. The fourth-order valence-corrected chi connectivity index (χ4v) is 3.75. The van der Waals surface area contributed by atoms with Crippen molar-refractivity contribution in [2.75, 3.05) is 5.75 Å². The van der Waals surface area contributed by atoms with E-state index in [0.29, 0.717) is 33.1 Å². The Kier molecular flexibility index (Phi) is 5.69. The number of nitrogens with one attached hydrogen (secondary N) is 1. The van der Waals surface area contributed by atoms with Gasteiger partial charge in [0.2, 0.25) is 0 Å². The lowest BCUT2D eigenvalue weighted by atomic mass is 10.0. The number of carbonyl (C=O) groups excluding carboxylic acids is 1. The summed E-state index contributed by atoms with van der Waals surface area (Å²) in [5.41, 5.74) is 0.441. The Labute approximate surface area is 164 Å². The van der Waals surface area contributed by atoms with E-state index in [1.54, 1.807) is 19.1 Å². The largest absolute Gasteiger partial charge is 0.465 e. The Morgan fingerprint density at radius 1 is 1.21 bits per heavy atom. The van der Waals surface area contributed by atoms with Gasteiger partial charge in [-0.2, -0.15) is 13.2 Å². The van der Waals surface area contributed by atoms with Crippen LogP contribution in [-0.4, -0.2) is 16.6 Å². The minimum absolute atomic E-state index is 0.216. The van der Waals surface area contributed by atoms with Gasteiger partial charge in [0.15, 0.2) is 0 Å². The van der Waals surface area contributed by atoms with E-state index >= 15 is 0 Å². The molecule has 0 saturated carbocycles. The molecule has 148 valence electrons. The highest BCUT2D eigenvalue weighted by atomic mass is 32.2. The first-order valence-electron chi connectivity index (χ1n) is 8.68. The second kappa shape index (κ2) is 7.87. The van der Waals surface area contributed by atoms with Crippen molar-refractivity contribution in [1.29, 1.82) is 0 Å². The van der Waals surface area contributed by atoms with E-state index in [4.69, 9.17) is 4.42 Å². The van der Waals surface area contributed by atoms with Gasteiger partial charge in [-0.05, 0) is 49.4 Å². The maximum Gasteiger partial charge on any atom is 0.416 e. The molecule has 0 atom stereocenters. The van der Waals surface area contributed by atoms with Gasteiger partial charge in [-0.15, -0.1) is 11.8 Å². The molecule has 1 aromatic carbocycles. The number of pyridine rings is 1. The van der Waals surface area contributed by atoms with E-state index in [2.05, 4.69) is 10.3 Å². The van der Waals surface area contributed by atoms with Crippen molar-refractivity contribution in [2.24, 2.45) is 0 Å². The predicted octanol–water partition coefficient (Wildman–Crippen LogP) is 5.51. The number of hydrogen-bond acceptors (Lipinski definition) is 4. The molecule has 0 radical (unpaired) electrons. The Hall–Kier alpha value is -2.48. The third kappa shape index (κ3) is 4.16. The smallest absolute Gasteiger partial charge is 0.416 e. The molecule has 2 heterocycles. The molecule has 4 nitrogen and oxygen atoms in total. The summed E-state index contributed by atoms with van der Waals surface area (Å²) < 4.78 is 44.5. The van der Waals surface area contributed by atoms with Crippen molar-refractivity contribution in [2.45, 2.75) is 38.5 Å². The molecule has 0 spiro atoms. The van der Waals surface area contributed by atoms with Crippen LogP contribution in [0.5, 0.6) is 0 Å². The highest BCUT2D eigenvalue weighted by molar-refractivity contribution is 7.99. The van der Waals surface area contributed by atoms with E-state index in [0.717, 1.165) is 17.9 Å². The fraction of sp³-hybridized carbons (Fsp3) is 0.300. The van der Waals surface area contributed by atoms with Crippen LogP contribution in [0.15, 0.2) is 39.8 Å². The predicted molar refractivity (Wildman–Crippen MR) is 102 cm³/mol. The highest BCUT2D eigenvalue weighted by Gasteiger charge is 2.31. The third-order valence-corrected chi connectivity index (χ3v) is 5.12. The number of amides is 1. The molecule has 0 fully saturated rings. The van der Waals surface area contributed by atoms with E-state index in [9.17, 15) is 18.0 Å². The van der Waals surface area contributed by atoms with Crippen molar-refractivity contribution in [1.82, 2.24) is 10.3 Å². The van der Waals surface area contributed by atoms with Crippen LogP contribution in [-0.2, 0) is 12.7 Å². The van der Waals surface area contributed by atoms with Gasteiger partial charge in [-0.3, -0.25) is 4.79 Å². The molecule has 3 aromatic rings. The number of rotatable bonds is 5. The fourth-order valence-electron chi connectivity index (χ4n) is 2.92. The van der Waals surface area contributed by atoms with E-state index in [1.807, 2.05) is 13.8 Å². The standard InChI is InChI=1S/C20H19F3N2O2S/c1-4-28-19-17(18(26)24-10-14-7-5-11(2)27-14)12(3)15-8-6-13(20(21,22)23)9-16(15)25-19/h5-9H,4,10H2,1-3H3,(H,24,26). The number of halogens is 3. The topological polar surface area (TPSA) is 55.1 Å². The SMILES string of the molecule is CCSc1nc2cc(C(F)(F)F)ccc2c(C)c1C(=O)NCc1ccc(C)o1. The summed E-state index contributed by atoms with van der Waals surface area (Å²) in [6.07, 6.45) is -4.45. The number of carbonyl (C=O) groups is 1. The molecule has 0 aliphatic carbocycles. The summed E-state index contributed by atoms with van der Waals surface area (Å²) in [5.74, 6) is 1.67. The molecule has 0 aliphatic rings. The van der Waals surface area contributed by atoms with E-state index in [1.165, 1.54) is 17.8 Å². The van der Waals surface area contributed by atoms with Gasteiger partial charge in [-0.1, -0.05) is 13.0 Å². The lowest BCUT2D eigenvalue weighted by Gasteiger charge is -2.15. The third-order valence-electron chi connectivity index (χ3n) is 4.27. The second-order valence-electron chi connectivity index (χ2n) is 6.27. The Bertz CT molecular complexity index is 1030. The molecule has 0 bridgehead atoms. The first kappa shape index (κ1) is 20.3. The summed E-state index contributed by atoms with van der Waals surface area (Å²) >= 11 is 1.32. The monoisotopic (exact) mass is 408 g/mol. The number of aryl methyl sites for hydroxylation is 2. The molecule has 0 saturated heterocycles. The molecule has 2 aromatic heterocycles. The summed E-state index contributed by atoms with van der Waals surface area (Å²) in [6.45, 7) is 5.65. The van der Waals surface area contributed by atoms with E-state index < -0.39 is 11.7 Å². The summed E-state index contributed by atoms with van der Waals surface area (Å²) in [5, 5.41) is 3.74. The van der Waals surface area contributed by atoms with Crippen LogP contribution >= 0.6 is 11.8 Å². The van der Waals surface area contributed by atoms with Crippen LogP contribution in [0.3, 0.4) is 0 Å². The molecule has 1 amide bonds. The maximum absolute atomic E-state index is 13.0. The zero-order valence-electron chi connectivity index (χ0n) is 15.6. The molecule has 1 N–H and O–H groups in total. The number of alkyl halides is 3. The first-order chi connectivity index (χ1) is 13.2.